The van der Waals surface area contributed by atoms with Gasteiger partial charge in [-0.1, -0.05) is 25.3 Å². The maximum atomic E-state index is 12.9. The summed E-state index contributed by atoms with van der Waals surface area (Å²) < 4.78 is 7.37. The molecule has 3 aromatic heterocycles. The number of pyridine rings is 1. The maximum absolute atomic E-state index is 12.9. The van der Waals surface area contributed by atoms with Crippen molar-refractivity contribution in [1.82, 2.24) is 30.1 Å². The molecule has 0 unspecified atom stereocenters. The number of nitrogens with zero attached hydrogens (tertiary/aromatic N) is 5. The van der Waals surface area contributed by atoms with Crippen LogP contribution in [-0.4, -0.2) is 37.2 Å². The van der Waals surface area contributed by atoms with Gasteiger partial charge < -0.3 is 9.72 Å². The fraction of sp³-hybridized carbons (Fsp3) is 0.417. The maximum Gasteiger partial charge on any atom is 0.252 e. The van der Waals surface area contributed by atoms with E-state index in [9.17, 15) is 4.79 Å². The summed E-state index contributed by atoms with van der Waals surface area (Å²) in [5.74, 6) is 1.62. The van der Waals surface area contributed by atoms with Gasteiger partial charge in [-0.05, 0) is 59.0 Å². The van der Waals surface area contributed by atoms with Crippen LogP contribution in [0.2, 0.25) is 0 Å². The molecule has 0 saturated heterocycles. The first-order chi connectivity index (χ1) is 16.2. The van der Waals surface area contributed by atoms with Crippen molar-refractivity contribution in [3.8, 4) is 5.75 Å². The molecule has 0 radical (unpaired) electrons. The number of rotatable bonds is 8. The Balaban J connectivity index is 1.43. The van der Waals surface area contributed by atoms with E-state index in [2.05, 4.69) is 42.9 Å². The minimum atomic E-state index is -0.0734. The molecule has 0 atom stereocenters. The predicted molar refractivity (Wildman–Crippen MR) is 128 cm³/mol. The highest BCUT2D eigenvalue weighted by Crippen LogP contribution is 2.28. The van der Waals surface area contributed by atoms with Gasteiger partial charge in [0.15, 0.2) is 5.82 Å². The number of thiophene rings is 1. The number of H-pyrrole nitrogens is 1. The number of benzene rings is 1. The summed E-state index contributed by atoms with van der Waals surface area (Å²) in [6, 6.07) is 12.2. The zero-order valence-corrected chi connectivity index (χ0v) is 19.6. The third-order valence-electron chi connectivity index (χ3n) is 6.33. The van der Waals surface area contributed by atoms with Crippen LogP contribution in [0, 0.1) is 0 Å². The van der Waals surface area contributed by atoms with E-state index in [0.29, 0.717) is 24.7 Å². The Labute approximate surface area is 196 Å². The Morgan fingerprint density at radius 2 is 2.03 bits per heavy atom. The lowest BCUT2D eigenvalue weighted by Gasteiger charge is -2.25. The van der Waals surface area contributed by atoms with Gasteiger partial charge in [-0.2, -0.15) is 0 Å². The second kappa shape index (κ2) is 9.84. The quantitative estimate of drug-likeness (QED) is 0.418. The first kappa shape index (κ1) is 21.8. The Morgan fingerprint density at radius 3 is 2.82 bits per heavy atom. The molecule has 1 aliphatic rings. The molecule has 1 fully saturated rings. The molecule has 8 nitrogen and oxygen atoms in total. The normalized spacial score (nSPS) is 14.8. The second-order valence-corrected chi connectivity index (χ2v) is 9.67. The van der Waals surface area contributed by atoms with Gasteiger partial charge >= 0.3 is 0 Å². The molecular formula is C24H28N6O2S. The lowest BCUT2D eigenvalue weighted by molar-refractivity contribution is 0.227. The van der Waals surface area contributed by atoms with E-state index in [0.717, 1.165) is 41.9 Å². The van der Waals surface area contributed by atoms with Crippen LogP contribution in [0.25, 0.3) is 10.9 Å². The van der Waals surface area contributed by atoms with Gasteiger partial charge in [0.05, 0.1) is 19.7 Å². The molecule has 3 heterocycles. The SMILES string of the molecule is COc1ccc2[nH]c(=O)c(CN(Cc3cccs3)Cc3nnnn3C3CCCCC3)cc2c1. The first-order valence-electron chi connectivity index (χ1n) is 11.4. The molecule has 172 valence electrons. The Morgan fingerprint density at radius 1 is 1.15 bits per heavy atom. The van der Waals surface area contributed by atoms with Crippen molar-refractivity contribution in [2.75, 3.05) is 7.11 Å². The second-order valence-electron chi connectivity index (χ2n) is 8.63. The largest absolute Gasteiger partial charge is 0.497 e. The number of nitrogens with one attached hydrogen (secondary N) is 1. The van der Waals surface area contributed by atoms with E-state index in [4.69, 9.17) is 4.74 Å². The number of aromatic amines is 1. The number of hydrogen-bond donors (Lipinski definition) is 1. The summed E-state index contributed by atoms with van der Waals surface area (Å²) >= 11 is 1.72. The molecule has 0 amide bonds. The summed E-state index contributed by atoms with van der Waals surface area (Å²) in [6.07, 6.45) is 5.97. The van der Waals surface area contributed by atoms with Crippen LogP contribution in [0.3, 0.4) is 0 Å². The van der Waals surface area contributed by atoms with Gasteiger partial charge in [0.2, 0.25) is 0 Å². The van der Waals surface area contributed by atoms with Crippen LogP contribution < -0.4 is 10.3 Å². The highest BCUT2D eigenvalue weighted by molar-refractivity contribution is 7.09. The van der Waals surface area contributed by atoms with Crippen molar-refractivity contribution in [1.29, 1.82) is 0 Å². The van der Waals surface area contributed by atoms with Gasteiger partial charge in [0, 0.05) is 34.4 Å². The molecule has 4 aromatic rings. The summed E-state index contributed by atoms with van der Waals surface area (Å²) in [5, 5.41) is 15.7. The standard InChI is InChI=1S/C24H28N6O2S/c1-32-20-9-10-22-17(13-20)12-18(24(31)25-22)14-29(15-21-8-5-11-33-21)16-23-26-27-28-30(23)19-6-3-2-4-7-19/h5,8-13,19H,2-4,6-7,14-16H2,1H3,(H,25,31). The van der Waals surface area contributed by atoms with Crippen LogP contribution in [-0.2, 0) is 19.6 Å². The van der Waals surface area contributed by atoms with E-state index in [1.807, 2.05) is 28.9 Å². The monoisotopic (exact) mass is 464 g/mol. The average molecular weight is 465 g/mol. The van der Waals surface area contributed by atoms with Gasteiger partial charge in [0.25, 0.3) is 5.56 Å². The fourth-order valence-electron chi connectivity index (χ4n) is 4.63. The minimum absolute atomic E-state index is 0.0734. The van der Waals surface area contributed by atoms with Crippen LogP contribution in [0.15, 0.2) is 46.6 Å². The van der Waals surface area contributed by atoms with Crippen LogP contribution in [0.5, 0.6) is 5.75 Å². The molecule has 33 heavy (non-hydrogen) atoms. The molecule has 9 heteroatoms. The third-order valence-corrected chi connectivity index (χ3v) is 7.19. The molecule has 1 aliphatic carbocycles. The molecule has 0 spiro atoms. The number of hydrogen-bond acceptors (Lipinski definition) is 7. The van der Waals surface area contributed by atoms with Crippen molar-refractivity contribution in [3.63, 3.8) is 0 Å². The summed E-state index contributed by atoms with van der Waals surface area (Å²) in [6.45, 7) is 1.81. The van der Waals surface area contributed by atoms with Gasteiger partial charge in [-0.15, -0.1) is 16.4 Å². The topological polar surface area (TPSA) is 88.9 Å². The van der Waals surface area contributed by atoms with Crippen LogP contribution >= 0.6 is 11.3 Å². The van der Waals surface area contributed by atoms with E-state index >= 15 is 0 Å². The number of fused-ring (bicyclic) bond motifs is 1. The zero-order chi connectivity index (χ0) is 22.6. The van der Waals surface area contributed by atoms with Crippen molar-refractivity contribution < 1.29 is 4.74 Å². The third kappa shape index (κ3) is 4.99. The van der Waals surface area contributed by atoms with Gasteiger partial charge in [-0.25, -0.2) is 4.68 Å². The predicted octanol–water partition coefficient (Wildman–Crippen LogP) is 4.29. The van der Waals surface area contributed by atoms with E-state index in [1.54, 1.807) is 18.4 Å². The molecule has 0 aliphatic heterocycles. The van der Waals surface area contributed by atoms with E-state index in [1.165, 1.54) is 24.1 Å². The van der Waals surface area contributed by atoms with Crippen LogP contribution in [0.1, 0.15) is 54.4 Å². The molecule has 0 bridgehead atoms. The lowest BCUT2D eigenvalue weighted by atomic mass is 9.95. The summed E-state index contributed by atoms with van der Waals surface area (Å²) in [5.41, 5.74) is 1.44. The Kier molecular flexibility index (Phi) is 6.50. The Hall–Kier alpha value is -3.04. The number of ether oxygens (including phenoxy) is 1. The molecular weight excluding hydrogens is 436 g/mol. The van der Waals surface area contributed by atoms with E-state index in [-0.39, 0.29) is 5.56 Å². The summed E-state index contributed by atoms with van der Waals surface area (Å²) in [4.78, 5) is 19.4. The Bertz CT molecular complexity index is 1260. The van der Waals surface area contributed by atoms with Gasteiger partial charge in [0.1, 0.15) is 5.75 Å². The fourth-order valence-corrected chi connectivity index (χ4v) is 5.38. The molecule has 1 aromatic carbocycles. The highest BCUT2D eigenvalue weighted by Gasteiger charge is 2.22. The first-order valence-corrected chi connectivity index (χ1v) is 12.3. The average Bonchev–Trinajstić information content (AvgIpc) is 3.52. The van der Waals surface area contributed by atoms with Crippen molar-refractivity contribution >= 4 is 22.2 Å². The molecule has 1 saturated carbocycles. The van der Waals surface area contributed by atoms with Crippen LogP contribution in [0.4, 0.5) is 0 Å². The lowest BCUT2D eigenvalue weighted by Crippen LogP contribution is -2.28. The number of methoxy groups -OCH3 is 1. The summed E-state index contributed by atoms with van der Waals surface area (Å²) in [7, 11) is 1.65. The smallest absolute Gasteiger partial charge is 0.252 e. The van der Waals surface area contributed by atoms with E-state index < -0.39 is 0 Å². The van der Waals surface area contributed by atoms with Crippen molar-refractivity contribution in [2.24, 2.45) is 0 Å². The molecule has 5 rings (SSSR count). The highest BCUT2D eigenvalue weighted by atomic mass is 32.1. The van der Waals surface area contributed by atoms with Gasteiger partial charge in [-0.3, -0.25) is 9.69 Å². The number of tetrazole rings is 1. The number of aromatic nitrogens is 5. The van der Waals surface area contributed by atoms with Crippen molar-refractivity contribution in [2.45, 2.75) is 57.8 Å². The minimum Gasteiger partial charge on any atom is -0.497 e. The molecule has 1 N–H and O–H groups in total. The zero-order valence-electron chi connectivity index (χ0n) is 18.7. The van der Waals surface area contributed by atoms with Crippen molar-refractivity contribution in [3.05, 3.63) is 68.4 Å².